The predicted octanol–water partition coefficient (Wildman–Crippen LogP) is 9.00. The number of rotatable bonds is 31. The Bertz CT molecular complexity index is 2560. The van der Waals surface area contributed by atoms with Crippen LogP contribution in [0.1, 0.15) is 50.5 Å². The van der Waals surface area contributed by atoms with Gasteiger partial charge in [0.05, 0.1) is 30.8 Å². The zero-order valence-corrected chi connectivity index (χ0v) is 39.9. The van der Waals surface area contributed by atoms with Crippen LogP contribution in [0, 0.1) is 0 Å². The summed E-state index contributed by atoms with van der Waals surface area (Å²) in [5.74, 6) is -0.658. The summed E-state index contributed by atoms with van der Waals surface area (Å²) in [6, 6.07) is 6.02. The Morgan fingerprint density at radius 2 is 1.30 bits per heavy atom. The molecule has 17 nitrogen and oxygen atoms in total. The Labute approximate surface area is 396 Å². The molecule has 0 radical (unpaired) electrons. The van der Waals surface area contributed by atoms with Crippen LogP contribution in [0.2, 0.25) is 10.0 Å². The number of fused-ring (bicyclic) bond motifs is 4. The first-order valence-corrected chi connectivity index (χ1v) is 25.1. The van der Waals surface area contributed by atoms with Gasteiger partial charge in [0.25, 0.3) is 10.1 Å². The summed E-state index contributed by atoms with van der Waals surface area (Å²) in [6.07, 6.45) is 12.4. The fraction of sp³-hybridized carbons (Fsp3) is 0.422. The molecule has 2 aromatic rings. The Morgan fingerprint density at radius 3 is 1.89 bits per heavy atom. The van der Waals surface area contributed by atoms with Crippen LogP contribution < -0.4 is 15.4 Å². The summed E-state index contributed by atoms with van der Waals surface area (Å²) < 4.78 is 85.6. The number of aryl methyl sites for hydroxylation is 1. The van der Waals surface area contributed by atoms with Crippen molar-refractivity contribution in [3.05, 3.63) is 95.9 Å². The van der Waals surface area contributed by atoms with Crippen LogP contribution in [0.4, 0.5) is 11.4 Å². The molecule has 360 valence electrons. The highest BCUT2D eigenvalue weighted by molar-refractivity contribution is 7.86. The first kappa shape index (κ1) is 52.7. The summed E-state index contributed by atoms with van der Waals surface area (Å²) in [6.45, 7) is 20.2. The van der Waals surface area contributed by atoms with Crippen LogP contribution in [0.3, 0.4) is 0 Å². The summed E-state index contributed by atoms with van der Waals surface area (Å²) in [7, 11) is -9.82. The molecule has 2 heterocycles. The average Bonchev–Trinajstić information content (AvgIpc) is 3.28. The van der Waals surface area contributed by atoms with Crippen LogP contribution in [-0.4, -0.2) is 113 Å². The molecule has 21 heteroatoms. The van der Waals surface area contributed by atoms with E-state index in [0.29, 0.717) is 58.7 Å². The number of aromatic nitrogens is 1. The molecule has 3 aliphatic rings. The lowest BCUT2D eigenvalue weighted by molar-refractivity contribution is -0.287. The number of benzene rings is 3. The van der Waals surface area contributed by atoms with Crippen molar-refractivity contribution in [2.24, 2.45) is 4.99 Å². The van der Waals surface area contributed by atoms with Crippen molar-refractivity contribution in [1.29, 1.82) is 0 Å². The number of unbranched alkanes of at least 4 members (excludes halogenated alkanes) is 2. The van der Waals surface area contributed by atoms with Crippen molar-refractivity contribution in [2.45, 2.75) is 61.2 Å². The Hall–Kier alpha value is -4.22. The highest BCUT2D eigenvalue weighted by Crippen LogP contribution is 2.54. The highest BCUT2D eigenvalue weighted by atomic mass is 35.5. The monoisotopic (exact) mass is 993 g/mol. The van der Waals surface area contributed by atoms with Gasteiger partial charge >= 0.3 is 10.1 Å². The lowest BCUT2D eigenvalue weighted by Gasteiger charge is -2.27. The van der Waals surface area contributed by atoms with E-state index in [1.165, 1.54) is 12.1 Å². The van der Waals surface area contributed by atoms with Gasteiger partial charge in [0.1, 0.15) is 45.1 Å². The lowest BCUT2D eigenvalue weighted by Crippen LogP contribution is -2.29. The Kier molecular flexibility index (Phi) is 20.6. The first-order valence-electron chi connectivity index (χ1n) is 21.4. The van der Waals surface area contributed by atoms with E-state index >= 15 is 0 Å². The molecule has 2 aromatic carbocycles. The molecule has 0 saturated carbocycles. The third kappa shape index (κ3) is 14.4. The van der Waals surface area contributed by atoms with Gasteiger partial charge in [-0.15, -0.1) is 26.3 Å². The number of anilines is 2. The maximum Gasteiger partial charge on any atom is 0.300 e. The quantitative estimate of drug-likeness (QED) is 0.00944. The minimum Gasteiger partial charge on any atom is -0.450 e. The standard InChI is InChI=1S/C45H57Cl2N5O12S2/c1-5-9-11-22-52(23-12-10-6-2)27-21-48-35-20-19-34-41(45(35)66(56,57)58)64-43-37(47)38-42(36(46)39(43)50-34)63-40-33(49-38)18-17-32(44(40)65(53,54)55)16-13-24-51(25-14-30-61-59-28-7-3)26-15-31-62-60-29-8-4/h5-8,17-20,49H,1-4,9-16,21-31H2,(H,53,54,55)(H,56,57,58). The van der Waals surface area contributed by atoms with E-state index in [-0.39, 0.29) is 92.6 Å². The Balaban J connectivity index is 1.42. The van der Waals surface area contributed by atoms with Crippen LogP contribution in [0.5, 0.6) is 11.5 Å². The zero-order valence-electron chi connectivity index (χ0n) is 36.7. The maximum atomic E-state index is 13.1. The average molecular weight is 995 g/mol. The third-order valence-corrected chi connectivity index (χ3v) is 12.9. The first-order chi connectivity index (χ1) is 31.7. The maximum absolute atomic E-state index is 13.1. The minimum atomic E-state index is -4.93. The molecule has 2 aliphatic heterocycles. The summed E-state index contributed by atoms with van der Waals surface area (Å²) in [5.41, 5.74) is 0.247. The van der Waals surface area contributed by atoms with Gasteiger partial charge < -0.3 is 24.3 Å². The van der Waals surface area contributed by atoms with E-state index in [4.69, 9.17) is 51.9 Å². The van der Waals surface area contributed by atoms with Gasteiger partial charge in [0.2, 0.25) is 0 Å². The highest BCUT2D eigenvalue weighted by Gasteiger charge is 2.34. The molecule has 3 N–H and O–H groups in total. The van der Waals surface area contributed by atoms with E-state index in [9.17, 15) is 25.9 Å². The topological polar surface area (TPSA) is 212 Å². The van der Waals surface area contributed by atoms with E-state index in [2.05, 4.69) is 51.4 Å². The molecule has 0 amide bonds. The van der Waals surface area contributed by atoms with Crippen molar-refractivity contribution >= 4 is 65.9 Å². The van der Waals surface area contributed by atoms with Gasteiger partial charge in [-0.05, 0) is 94.8 Å². The molecule has 66 heavy (non-hydrogen) atoms. The normalized spacial score (nSPS) is 12.9. The van der Waals surface area contributed by atoms with Gasteiger partial charge in [-0.3, -0.25) is 14.1 Å². The number of nitrogens with one attached hydrogen (secondary N) is 1. The molecule has 0 aromatic heterocycles. The number of ether oxygens (including phenoxy) is 1. The second-order valence-corrected chi connectivity index (χ2v) is 18.6. The smallest absolute Gasteiger partial charge is 0.300 e. The molecule has 0 atom stereocenters. The molecule has 1 aliphatic carbocycles. The zero-order chi connectivity index (χ0) is 47.7. The van der Waals surface area contributed by atoms with Crippen molar-refractivity contribution in [1.82, 2.24) is 14.8 Å². The van der Waals surface area contributed by atoms with Gasteiger partial charge in [-0.1, -0.05) is 53.6 Å². The second kappa shape index (κ2) is 25.8. The number of nitrogens with zero attached hydrogens (tertiary/aromatic N) is 4. The molecule has 0 bridgehead atoms. The predicted molar refractivity (Wildman–Crippen MR) is 254 cm³/mol. The fourth-order valence-electron chi connectivity index (χ4n) is 7.28. The largest absolute Gasteiger partial charge is 0.450 e. The van der Waals surface area contributed by atoms with Crippen molar-refractivity contribution < 1.29 is 54.6 Å². The lowest BCUT2D eigenvalue weighted by atomic mass is 10.1. The number of hydrogen-bond donors (Lipinski definition) is 3. The molecule has 0 fully saturated rings. The second-order valence-electron chi connectivity index (χ2n) is 15.1. The fourth-order valence-corrected chi connectivity index (χ4v) is 9.46. The summed E-state index contributed by atoms with van der Waals surface area (Å²) in [4.78, 5) is 32.9. The van der Waals surface area contributed by atoms with Crippen molar-refractivity contribution in [2.75, 3.05) is 77.6 Å². The van der Waals surface area contributed by atoms with E-state index in [0.717, 1.165) is 38.8 Å². The number of hydrogen-bond acceptors (Lipinski definition) is 15. The summed E-state index contributed by atoms with van der Waals surface area (Å²) >= 11 is 13.8. The SMILES string of the molecule is C=CCCCN(CCCC=C)CCN=c1ccc2nc3c(Cl)c4c(c(Cl)c3oc-2c1S(=O)(=O)O)Nc1ccc(CCCN(CCCOOCC=C)CCCOOCC=C)c(S(=O)(=O)O)c1O4. The van der Waals surface area contributed by atoms with Crippen LogP contribution in [-0.2, 0) is 46.2 Å². The number of halogens is 2. The van der Waals surface area contributed by atoms with Crippen molar-refractivity contribution in [3.8, 4) is 23.0 Å². The van der Waals surface area contributed by atoms with Gasteiger partial charge in [0, 0.05) is 19.6 Å². The van der Waals surface area contributed by atoms with Gasteiger partial charge in [0.15, 0.2) is 27.7 Å². The third-order valence-electron chi connectivity index (χ3n) is 10.3. The van der Waals surface area contributed by atoms with Crippen LogP contribution in [0.25, 0.3) is 22.6 Å². The van der Waals surface area contributed by atoms with Gasteiger partial charge in [-0.2, -0.15) is 16.8 Å². The Morgan fingerprint density at radius 1 is 0.712 bits per heavy atom. The molecule has 0 unspecified atom stereocenters. The minimum absolute atomic E-state index is 0.0105. The molecule has 0 spiro atoms. The molecule has 5 rings (SSSR count). The van der Waals surface area contributed by atoms with E-state index in [1.807, 2.05) is 12.2 Å². The van der Waals surface area contributed by atoms with E-state index in [1.54, 1.807) is 24.3 Å². The molecular weight excluding hydrogens is 938 g/mol. The summed E-state index contributed by atoms with van der Waals surface area (Å²) in [5, 5.41) is 2.70. The van der Waals surface area contributed by atoms with Crippen LogP contribution >= 0.6 is 23.2 Å². The molecule has 0 saturated heterocycles. The van der Waals surface area contributed by atoms with Crippen molar-refractivity contribution in [3.63, 3.8) is 0 Å². The molecular formula is C45H57Cl2N5O12S2. The number of allylic oxidation sites excluding steroid dienone is 2. The van der Waals surface area contributed by atoms with E-state index < -0.39 is 30.0 Å². The van der Waals surface area contributed by atoms with Gasteiger partial charge in [-0.25, -0.2) is 24.5 Å². The van der Waals surface area contributed by atoms with Crippen LogP contribution in [0.15, 0.2) is 94.1 Å².